The number of hydrogen-bond donors (Lipinski definition) is 1. The number of benzene rings is 3. The predicted molar refractivity (Wildman–Crippen MR) is 110 cm³/mol. The van der Waals surface area contributed by atoms with Gasteiger partial charge < -0.3 is 5.32 Å². The van der Waals surface area contributed by atoms with E-state index in [0.29, 0.717) is 10.7 Å². The number of thiazole rings is 1. The molecule has 1 N–H and O–H groups in total. The molecule has 1 amide bonds. The number of aromatic nitrogens is 1. The summed E-state index contributed by atoms with van der Waals surface area (Å²) in [6.45, 7) is 0. The van der Waals surface area contributed by atoms with Gasteiger partial charge in [0.15, 0.2) is 0 Å². The average Bonchev–Trinajstić information content (AvgIpc) is 3.13. The maximum atomic E-state index is 12.6. The first-order valence-corrected chi connectivity index (χ1v) is 9.24. The third-order valence-corrected chi connectivity index (χ3v) is 5.42. The molecule has 27 heavy (non-hydrogen) atoms. The maximum absolute atomic E-state index is 12.6. The van der Waals surface area contributed by atoms with Crippen molar-refractivity contribution < 1.29 is 4.79 Å². The van der Waals surface area contributed by atoms with Crippen molar-refractivity contribution in [2.75, 3.05) is 5.32 Å². The smallest absolute Gasteiger partial charge is 0.258 e. The van der Waals surface area contributed by atoms with Gasteiger partial charge in [-0.2, -0.15) is 0 Å². The molecule has 0 bridgehead atoms. The van der Waals surface area contributed by atoms with Crippen molar-refractivity contribution in [1.82, 2.24) is 4.98 Å². The molecule has 1 heterocycles. The van der Waals surface area contributed by atoms with Gasteiger partial charge in [0.25, 0.3) is 5.91 Å². The van der Waals surface area contributed by atoms with E-state index in [1.807, 2.05) is 30.3 Å². The zero-order chi connectivity index (χ0) is 18.8. The molecule has 0 saturated heterocycles. The van der Waals surface area contributed by atoms with Crippen LogP contribution in [0.1, 0.15) is 10.4 Å². The summed E-state index contributed by atoms with van der Waals surface area (Å²) in [5.74, 6) is -0.450. The Morgan fingerprint density at radius 1 is 1.04 bits per heavy atom. The number of nitroso groups, excluding NO2 is 1. The average molecular weight is 394 g/mol. The highest BCUT2D eigenvalue weighted by Gasteiger charge is 2.15. The summed E-state index contributed by atoms with van der Waals surface area (Å²) in [6.07, 6.45) is 0. The first-order valence-electron chi connectivity index (χ1n) is 8.05. The number of fused-ring (bicyclic) bond motifs is 1. The fourth-order valence-corrected chi connectivity index (χ4v) is 3.81. The molecular formula is C20H12ClN3O2S. The molecule has 0 aliphatic heterocycles. The molecule has 0 saturated carbocycles. The van der Waals surface area contributed by atoms with Crippen molar-refractivity contribution >= 4 is 50.4 Å². The molecule has 1 aromatic heterocycles. The summed E-state index contributed by atoms with van der Waals surface area (Å²) >= 11 is 7.81. The number of nitrogens with zero attached hydrogens (tertiary/aromatic N) is 2. The van der Waals surface area contributed by atoms with E-state index in [0.717, 1.165) is 20.8 Å². The minimum absolute atomic E-state index is 0.0773. The molecule has 0 unspecified atom stereocenters. The summed E-state index contributed by atoms with van der Waals surface area (Å²) in [6, 6.07) is 19.6. The molecule has 0 fully saturated rings. The number of carbonyl (C=O) groups is 1. The number of anilines is 1. The lowest BCUT2D eigenvalue weighted by Gasteiger charge is -2.09. The van der Waals surface area contributed by atoms with Crippen LogP contribution < -0.4 is 5.32 Å². The van der Waals surface area contributed by atoms with Gasteiger partial charge in [-0.25, -0.2) is 4.98 Å². The van der Waals surface area contributed by atoms with Gasteiger partial charge in [-0.3, -0.25) is 4.79 Å². The number of halogens is 1. The summed E-state index contributed by atoms with van der Waals surface area (Å²) < 4.78 is 1.08. The lowest BCUT2D eigenvalue weighted by atomic mass is 10.1. The van der Waals surface area contributed by atoms with Crippen LogP contribution >= 0.6 is 22.9 Å². The van der Waals surface area contributed by atoms with Crippen LogP contribution in [0.25, 0.3) is 20.8 Å². The summed E-state index contributed by atoms with van der Waals surface area (Å²) in [7, 11) is 0. The van der Waals surface area contributed by atoms with Crippen molar-refractivity contribution in [2.24, 2.45) is 5.18 Å². The van der Waals surface area contributed by atoms with E-state index in [1.165, 1.54) is 12.1 Å². The van der Waals surface area contributed by atoms with E-state index in [9.17, 15) is 9.70 Å². The minimum Gasteiger partial charge on any atom is -0.321 e. The van der Waals surface area contributed by atoms with Crippen molar-refractivity contribution in [2.45, 2.75) is 0 Å². The molecule has 4 aromatic rings. The second kappa shape index (κ2) is 7.26. The van der Waals surface area contributed by atoms with Gasteiger partial charge in [0.05, 0.1) is 26.5 Å². The molecule has 132 valence electrons. The lowest BCUT2D eigenvalue weighted by molar-refractivity contribution is 0.102. The lowest BCUT2D eigenvalue weighted by Crippen LogP contribution is -2.12. The van der Waals surface area contributed by atoms with Crippen LogP contribution in [0, 0.1) is 4.91 Å². The molecule has 0 aliphatic rings. The highest BCUT2D eigenvalue weighted by molar-refractivity contribution is 7.21. The first-order chi connectivity index (χ1) is 13.2. The van der Waals surface area contributed by atoms with E-state index >= 15 is 0 Å². The normalized spacial score (nSPS) is 10.7. The molecule has 0 atom stereocenters. The van der Waals surface area contributed by atoms with Crippen LogP contribution in [-0.4, -0.2) is 10.9 Å². The van der Waals surface area contributed by atoms with Crippen LogP contribution in [0.3, 0.4) is 0 Å². The van der Waals surface area contributed by atoms with Gasteiger partial charge in [0.2, 0.25) is 0 Å². The zero-order valence-electron chi connectivity index (χ0n) is 13.8. The third-order valence-electron chi connectivity index (χ3n) is 4.00. The Hall–Kier alpha value is -3.09. The van der Waals surface area contributed by atoms with E-state index in [2.05, 4.69) is 15.5 Å². The monoisotopic (exact) mass is 393 g/mol. The maximum Gasteiger partial charge on any atom is 0.258 e. The Kier molecular flexibility index (Phi) is 4.66. The number of nitrogens with one attached hydrogen (secondary N) is 1. The minimum atomic E-state index is -0.450. The van der Waals surface area contributed by atoms with Gasteiger partial charge in [-0.15, -0.1) is 16.2 Å². The van der Waals surface area contributed by atoms with Crippen molar-refractivity contribution in [1.29, 1.82) is 0 Å². The predicted octanol–water partition coefficient (Wildman–Crippen LogP) is 6.27. The Bertz CT molecular complexity index is 1140. The molecular weight excluding hydrogens is 382 g/mol. The number of hydrogen-bond acceptors (Lipinski definition) is 5. The fraction of sp³-hybridized carbons (Fsp3) is 0. The molecule has 5 nitrogen and oxygen atoms in total. The van der Waals surface area contributed by atoms with Crippen LogP contribution in [0.2, 0.25) is 5.02 Å². The summed E-state index contributed by atoms with van der Waals surface area (Å²) in [5, 5.41) is 6.87. The Balaban J connectivity index is 1.68. The number of rotatable bonds is 4. The molecule has 0 spiro atoms. The molecule has 4 rings (SSSR count). The second-order valence-electron chi connectivity index (χ2n) is 5.74. The largest absolute Gasteiger partial charge is 0.321 e. The molecule has 7 heteroatoms. The highest BCUT2D eigenvalue weighted by atomic mass is 35.5. The van der Waals surface area contributed by atoms with E-state index in [1.54, 1.807) is 35.6 Å². The number of amides is 1. The van der Waals surface area contributed by atoms with Gasteiger partial charge >= 0.3 is 0 Å². The Morgan fingerprint density at radius 2 is 1.81 bits per heavy atom. The van der Waals surface area contributed by atoms with Gasteiger partial charge in [0, 0.05) is 5.56 Å². The van der Waals surface area contributed by atoms with E-state index in [-0.39, 0.29) is 11.3 Å². The summed E-state index contributed by atoms with van der Waals surface area (Å²) in [5.41, 5.74) is 2.48. The second-order valence-corrected chi connectivity index (χ2v) is 7.18. The number of carbonyl (C=O) groups excluding carboxylic acids is 1. The molecule has 3 aromatic carbocycles. The SMILES string of the molecule is O=Nc1ccccc1C(=O)Nc1cc(-c2nc3ccccc3s2)ccc1Cl. The zero-order valence-corrected chi connectivity index (χ0v) is 15.4. The standard InChI is InChI=1S/C20H12ClN3O2S/c21-14-10-9-12(20-23-16-7-3-4-8-18(16)27-20)11-17(14)22-19(25)13-5-1-2-6-15(13)24-26/h1-11H,(H,22,25). The molecule has 0 aliphatic carbocycles. The van der Waals surface area contributed by atoms with Gasteiger partial charge in [-0.1, -0.05) is 41.9 Å². The Morgan fingerprint density at radius 3 is 2.63 bits per heavy atom. The van der Waals surface area contributed by atoms with Crippen molar-refractivity contribution in [3.05, 3.63) is 82.2 Å². The van der Waals surface area contributed by atoms with Crippen LogP contribution in [0.15, 0.2) is 71.9 Å². The molecule has 0 radical (unpaired) electrons. The Labute approximate surface area is 163 Å². The third kappa shape index (κ3) is 3.45. The van der Waals surface area contributed by atoms with Crippen molar-refractivity contribution in [3.63, 3.8) is 0 Å². The van der Waals surface area contributed by atoms with E-state index < -0.39 is 5.91 Å². The van der Waals surface area contributed by atoms with Gasteiger partial charge in [-0.05, 0) is 41.6 Å². The van der Waals surface area contributed by atoms with Crippen LogP contribution in [-0.2, 0) is 0 Å². The van der Waals surface area contributed by atoms with Crippen LogP contribution in [0.4, 0.5) is 11.4 Å². The summed E-state index contributed by atoms with van der Waals surface area (Å²) in [4.78, 5) is 28.1. The fourth-order valence-electron chi connectivity index (χ4n) is 2.68. The topological polar surface area (TPSA) is 71.4 Å². The first kappa shape index (κ1) is 17.3. The van der Waals surface area contributed by atoms with Gasteiger partial charge in [0.1, 0.15) is 10.7 Å². The quantitative estimate of drug-likeness (QED) is 0.415. The van der Waals surface area contributed by atoms with E-state index in [4.69, 9.17) is 11.6 Å². The van der Waals surface area contributed by atoms with Crippen LogP contribution in [0.5, 0.6) is 0 Å². The number of para-hydroxylation sites is 1. The highest BCUT2D eigenvalue weighted by Crippen LogP contribution is 2.34. The van der Waals surface area contributed by atoms with Crippen molar-refractivity contribution in [3.8, 4) is 10.6 Å².